The number of rotatable bonds is 6. The van der Waals surface area contributed by atoms with Gasteiger partial charge in [0.15, 0.2) is 0 Å². The molecule has 27 heavy (non-hydrogen) atoms. The highest BCUT2D eigenvalue weighted by Gasteiger charge is 2.26. The van der Waals surface area contributed by atoms with Crippen LogP contribution in [0.15, 0.2) is 28.3 Å². The van der Waals surface area contributed by atoms with Crippen LogP contribution in [0, 0.1) is 5.92 Å². The topological polar surface area (TPSA) is 79.4 Å². The minimum absolute atomic E-state index is 0.0190. The molecule has 1 N–H and O–H groups in total. The maximum atomic E-state index is 12.6. The van der Waals surface area contributed by atoms with Crippen LogP contribution in [0.5, 0.6) is 0 Å². The molecular weight excluding hydrogens is 382 g/mol. The van der Waals surface area contributed by atoms with Gasteiger partial charge in [-0.1, -0.05) is 37.9 Å². The molecule has 0 aromatic carbocycles. The maximum Gasteiger partial charge on any atom is 0.244 e. The van der Waals surface area contributed by atoms with E-state index in [-0.39, 0.29) is 16.8 Å². The molecule has 8 heteroatoms. The lowest BCUT2D eigenvalue weighted by molar-refractivity contribution is -0.119. The number of carbonyl (C=O) groups excluding carboxylic acids is 1. The van der Waals surface area contributed by atoms with Crippen LogP contribution in [-0.2, 0) is 14.8 Å². The van der Waals surface area contributed by atoms with E-state index in [1.165, 1.54) is 37.2 Å². The Morgan fingerprint density at radius 2 is 1.93 bits per heavy atom. The Hall–Kier alpha value is -1.12. The first-order chi connectivity index (χ1) is 13.0. The van der Waals surface area contributed by atoms with Crippen molar-refractivity contribution in [3.63, 3.8) is 0 Å². The number of aromatic nitrogens is 1. The monoisotopic (exact) mass is 411 g/mol. The van der Waals surface area contributed by atoms with Gasteiger partial charge in [0.2, 0.25) is 15.9 Å². The first kappa shape index (κ1) is 20.6. The Kier molecular flexibility index (Phi) is 7.16. The van der Waals surface area contributed by atoms with Gasteiger partial charge in [-0.25, -0.2) is 13.4 Å². The summed E-state index contributed by atoms with van der Waals surface area (Å²) in [6, 6.07) is 3.56. The molecule has 0 bridgehead atoms. The van der Waals surface area contributed by atoms with Crippen molar-refractivity contribution in [3.05, 3.63) is 18.3 Å². The summed E-state index contributed by atoms with van der Waals surface area (Å²) in [5.74, 6) is 0.852. The van der Waals surface area contributed by atoms with Gasteiger partial charge in [0, 0.05) is 25.3 Å². The van der Waals surface area contributed by atoms with Crippen LogP contribution >= 0.6 is 11.8 Å². The number of nitrogens with one attached hydrogen (secondary N) is 1. The predicted molar refractivity (Wildman–Crippen MR) is 107 cm³/mol. The van der Waals surface area contributed by atoms with E-state index in [0.29, 0.717) is 29.8 Å². The lowest BCUT2D eigenvalue weighted by atomic mass is 9.86. The normalized spacial score (nSPS) is 24.5. The SMILES string of the molecule is C[C@@H]1CCCC[C@H]1NC(=O)CSc1ccc(S(=O)(=O)N2CCCCC2)cn1. The second-order valence-corrected chi connectivity index (χ2v) is 10.5. The third kappa shape index (κ3) is 5.45. The summed E-state index contributed by atoms with van der Waals surface area (Å²) < 4.78 is 26.8. The maximum absolute atomic E-state index is 12.6. The van der Waals surface area contributed by atoms with Crippen LogP contribution in [0.25, 0.3) is 0 Å². The summed E-state index contributed by atoms with van der Waals surface area (Å²) >= 11 is 1.34. The zero-order chi connectivity index (χ0) is 19.3. The Labute approximate surface area is 166 Å². The summed E-state index contributed by atoms with van der Waals surface area (Å²) in [6.07, 6.45) is 8.97. The third-order valence-corrected chi connectivity index (χ3v) is 8.30. The highest BCUT2D eigenvalue weighted by molar-refractivity contribution is 7.99. The molecule has 0 unspecified atom stereocenters. The molecule has 0 spiro atoms. The molecule has 150 valence electrons. The van der Waals surface area contributed by atoms with Gasteiger partial charge >= 0.3 is 0 Å². The minimum Gasteiger partial charge on any atom is -0.352 e. The molecule has 1 aromatic heterocycles. The van der Waals surface area contributed by atoms with Gasteiger partial charge in [-0.2, -0.15) is 4.31 Å². The summed E-state index contributed by atoms with van der Waals surface area (Å²) in [5, 5.41) is 3.79. The molecule has 1 aliphatic heterocycles. The molecule has 1 aliphatic carbocycles. The van der Waals surface area contributed by atoms with Crippen molar-refractivity contribution in [3.8, 4) is 0 Å². The molecule has 1 saturated heterocycles. The molecule has 0 radical (unpaired) electrons. The number of pyridine rings is 1. The van der Waals surface area contributed by atoms with E-state index < -0.39 is 10.0 Å². The molecular formula is C19H29N3O3S2. The summed E-state index contributed by atoms with van der Waals surface area (Å²) in [5.41, 5.74) is 0. The van der Waals surface area contributed by atoms with Gasteiger partial charge in [0.1, 0.15) is 4.90 Å². The van der Waals surface area contributed by atoms with Gasteiger partial charge in [0.05, 0.1) is 10.8 Å². The Morgan fingerprint density at radius 3 is 2.59 bits per heavy atom. The number of nitrogens with zero attached hydrogens (tertiary/aromatic N) is 2. The van der Waals surface area contributed by atoms with Crippen molar-refractivity contribution in [1.82, 2.24) is 14.6 Å². The van der Waals surface area contributed by atoms with Crippen molar-refractivity contribution in [2.45, 2.75) is 67.8 Å². The van der Waals surface area contributed by atoms with Crippen LogP contribution < -0.4 is 5.32 Å². The molecule has 2 atom stereocenters. The van der Waals surface area contributed by atoms with E-state index in [2.05, 4.69) is 17.2 Å². The average Bonchev–Trinajstić information content (AvgIpc) is 2.69. The van der Waals surface area contributed by atoms with Crippen molar-refractivity contribution in [2.24, 2.45) is 5.92 Å². The lowest BCUT2D eigenvalue weighted by Gasteiger charge is -2.29. The van der Waals surface area contributed by atoms with Crippen LogP contribution in [0.1, 0.15) is 51.9 Å². The average molecular weight is 412 g/mol. The quantitative estimate of drug-likeness (QED) is 0.728. The fourth-order valence-corrected chi connectivity index (χ4v) is 5.89. The number of amides is 1. The van der Waals surface area contributed by atoms with E-state index in [1.54, 1.807) is 16.4 Å². The summed E-state index contributed by atoms with van der Waals surface area (Å²) in [7, 11) is -3.45. The standard InChI is InChI=1S/C19H29N3O3S2/c1-15-7-3-4-8-17(15)21-18(23)14-26-19-10-9-16(13-20-19)27(24,25)22-11-5-2-6-12-22/h9-10,13,15,17H,2-8,11-12,14H2,1H3,(H,21,23)/t15-,17-/m1/s1. The molecule has 3 rings (SSSR count). The van der Waals surface area contributed by atoms with E-state index in [4.69, 9.17) is 0 Å². The van der Waals surface area contributed by atoms with Crippen molar-refractivity contribution in [1.29, 1.82) is 0 Å². The van der Waals surface area contributed by atoms with Gasteiger partial charge in [-0.15, -0.1) is 0 Å². The summed E-state index contributed by atoms with van der Waals surface area (Å²) in [6.45, 7) is 3.36. The predicted octanol–water partition coefficient (Wildman–Crippen LogP) is 3.04. The van der Waals surface area contributed by atoms with Gasteiger partial charge in [-0.3, -0.25) is 4.79 Å². The smallest absolute Gasteiger partial charge is 0.244 e. The minimum atomic E-state index is -3.45. The second kappa shape index (κ2) is 9.39. The van der Waals surface area contributed by atoms with Gasteiger partial charge in [-0.05, 0) is 43.7 Å². The molecule has 6 nitrogen and oxygen atoms in total. The fraction of sp³-hybridized carbons (Fsp3) is 0.684. The van der Waals surface area contributed by atoms with Crippen LogP contribution in [0.2, 0.25) is 0 Å². The van der Waals surface area contributed by atoms with Crippen LogP contribution in [0.4, 0.5) is 0 Å². The molecule has 2 heterocycles. The molecule has 1 amide bonds. The number of sulfonamides is 1. The zero-order valence-electron chi connectivity index (χ0n) is 15.9. The largest absolute Gasteiger partial charge is 0.352 e. The first-order valence-corrected chi connectivity index (χ1v) is 12.3. The van der Waals surface area contributed by atoms with Crippen LogP contribution in [-0.4, -0.2) is 48.5 Å². The van der Waals surface area contributed by atoms with Crippen molar-refractivity contribution >= 4 is 27.7 Å². The van der Waals surface area contributed by atoms with E-state index in [0.717, 1.165) is 25.7 Å². The highest BCUT2D eigenvalue weighted by atomic mass is 32.2. The van der Waals surface area contributed by atoms with E-state index in [9.17, 15) is 13.2 Å². The fourth-order valence-electron chi connectivity index (χ4n) is 3.78. The second-order valence-electron chi connectivity index (χ2n) is 7.52. The number of piperidine rings is 1. The van der Waals surface area contributed by atoms with E-state index >= 15 is 0 Å². The van der Waals surface area contributed by atoms with Gasteiger partial charge in [0.25, 0.3) is 0 Å². The summed E-state index contributed by atoms with van der Waals surface area (Å²) in [4.78, 5) is 16.7. The molecule has 1 aromatic rings. The molecule has 2 aliphatic rings. The molecule has 1 saturated carbocycles. The van der Waals surface area contributed by atoms with E-state index in [1.807, 2.05) is 0 Å². The van der Waals surface area contributed by atoms with Gasteiger partial charge < -0.3 is 5.32 Å². The zero-order valence-corrected chi connectivity index (χ0v) is 17.5. The number of hydrogen-bond donors (Lipinski definition) is 1. The molecule has 2 fully saturated rings. The van der Waals surface area contributed by atoms with Crippen LogP contribution in [0.3, 0.4) is 0 Å². The highest BCUT2D eigenvalue weighted by Crippen LogP contribution is 2.25. The number of thioether (sulfide) groups is 1. The lowest BCUT2D eigenvalue weighted by Crippen LogP contribution is -2.41. The van der Waals surface area contributed by atoms with Crippen molar-refractivity contribution < 1.29 is 13.2 Å². The Balaban J connectivity index is 1.52. The first-order valence-electron chi connectivity index (χ1n) is 9.85. The third-order valence-electron chi connectivity index (χ3n) is 5.47. The van der Waals surface area contributed by atoms with Crippen molar-refractivity contribution in [2.75, 3.05) is 18.8 Å². The Bertz CT molecular complexity index is 731. The Morgan fingerprint density at radius 1 is 1.19 bits per heavy atom. The number of carbonyl (C=O) groups is 1. The number of hydrogen-bond acceptors (Lipinski definition) is 5.